The zero-order chi connectivity index (χ0) is 22.7. The first-order valence-electron chi connectivity index (χ1n) is 10.7. The molecule has 0 aliphatic carbocycles. The van der Waals surface area contributed by atoms with Gasteiger partial charge in [0.05, 0.1) is 24.3 Å². The van der Waals surface area contributed by atoms with Crippen LogP contribution in [-0.2, 0) is 14.8 Å². The first kappa shape index (κ1) is 22.6. The number of benzene rings is 2. The molecule has 1 aliphatic heterocycles. The summed E-state index contributed by atoms with van der Waals surface area (Å²) in [5.41, 5.74) is 1.73. The van der Waals surface area contributed by atoms with Crippen molar-refractivity contribution in [2.45, 2.75) is 31.6 Å². The monoisotopic (exact) mass is 474 g/mol. The van der Waals surface area contributed by atoms with Crippen LogP contribution in [0.5, 0.6) is 5.75 Å². The van der Waals surface area contributed by atoms with E-state index in [1.165, 1.54) is 4.31 Å². The number of piperidine rings is 1. The zero-order valence-electron chi connectivity index (χ0n) is 18.1. The SMILES string of the molecule is CCOc1ccc(N(CC)C(=O)C2CCCN(S(=O)(=O)c3cccc4nsnc34)C2)cc1. The second-order valence-electron chi connectivity index (χ2n) is 7.60. The number of fused-ring (bicyclic) bond motifs is 1. The van der Waals surface area contributed by atoms with E-state index in [4.69, 9.17) is 4.74 Å². The lowest BCUT2D eigenvalue weighted by Crippen LogP contribution is -2.46. The third-order valence-corrected chi connectivity index (χ3v) is 8.08. The van der Waals surface area contributed by atoms with Gasteiger partial charge in [0.1, 0.15) is 21.7 Å². The van der Waals surface area contributed by atoms with Gasteiger partial charge in [-0.25, -0.2) is 8.42 Å². The van der Waals surface area contributed by atoms with Crippen molar-refractivity contribution in [2.24, 2.45) is 5.92 Å². The van der Waals surface area contributed by atoms with Gasteiger partial charge >= 0.3 is 0 Å². The van der Waals surface area contributed by atoms with E-state index in [2.05, 4.69) is 8.75 Å². The predicted molar refractivity (Wildman–Crippen MR) is 125 cm³/mol. The largest absolute Gasteiger partial charge is 0.494 e. The highest BCUT2D eigenvalue weighted by Crippen LogP contribution is 2.30. The number of hydrogen-bond donors (Lipinski definition) is 0. The minimum atomic E-state index is -3.78. The molecule has 0 bridgehead atoms. The van der Waals surface area contributed by atoms with Gasteiger partial charge in [0.15, 0.2) is 0 Å². The molecule has 1 fully saturated rings. The number of carbonyl (C=O) groups excluding carboxylic acids is 1. The predicted octanol–water partition coefficient (Wildman–Crippen LogP) is 3.54. The molecule has 0 saturated carbocycles. The van der Waals surface area contributed by atoms with Gasteiger partial charge in [-0.15, -0.1) is 0 Å². The fourth-order valence-corrected chi connectivity index (χ4v) is 6.34. The molecule has 1 amide bonds. The standard InChI is InChI=1S/C22H26N4O4S2/c1-3-26(17-10-12-18(13-11-17)30-4-2)22(27)16-7-6-14-25(15-16)32(28,29)20-9-5-8-19-21(20)24-31-23-19/h5,8-13,16H,3-4,6-7,14-15H2,1-2H3. The number of anilines is 1. The molecule has 1 aromatic heterocycles. The number of rotatable bonds is 7. The molecule has 2 heterocycles. The van der Waals surface area contributed by atoms with Gasteiger partial charge in [-0.1, -0.05) is 6.07 Å². The maximum Gasteiger partial charge on any atom is 0.245 e. The highest BCUT2D eigenvalue weighted by Gasteiger charge is 2.36. The number of hydrogen-bond acceptors (Lipinski definition) is 7. The molecule has 10 heteroatoms. The highest BCUT2D eigenvalue weighted by molar-refractivity contribution is 7.89. The van der Waals surface area contributed by atoms with Crippen LogP contribution in [0.25, 0.3) is 11.0 Å². The summed E-state index contributed by atoms with van der Waals surface area (Å²) >= 11 is 0.991. The maximum absolute atomic E-state index is 13.4. The van der Waals surface area contributed by atoms with Crippen molar-refractivity contribution in [1.82, 2.24) is 13.1 Å². The van der Waals surface area contributed by atoms with Crippen LogP contribution in [-0.4, -0.2) is 53.6 Å². The Bertz CT molecular complexity index is 1190. The Kier molecular flexibility index (Phi) is 6.73. The molecular weight excluding hydrogens is 448 g/mol. The van der Waals surface area contributed by atoms with E-state index in [1.807, 2.05) is 38.1 Å². The number of amides is 1. The summed E-state index contributed by atoms with van der Waals surface area (Å²) < 4.78 is 42.0. The van der Waals surface area contributed by atoms with Crippen LogP contribution < -0.4 is 9.64 Å². The van der Waals surface area contributed by atoms with E-state index >= 15 is 0 Å². The van der Waals surface area contributed by atoms with Crippen LogP contribution in [0.1, 0.15) is 26.7 Å². The van der Waals surface area contributed by atoms with Crippen LogP contribution in [0, 0.1) is 5.92 Å². The summed E-state index contributed by atoms with van der Waals surface area (Å²) in [5.74, 6) is 0.281. The van der Waals surface area contributed by atoms with Crippen LogP contribution in [0.15, 0.2) is 47.4 Å². The third kappa shape index (κ3) is 4.35. The topological polar surface area (TPSA) is 92.7 Å². The molecule has 1 atom stereocenters. The van der Waals surface area contributed by atoms with Crippen LogP contribution in [0.4, 0.5) is 5.69 Å². The lowest BCUT2D eigenvalue weighted by molar-refractivity contribution is -0.123. The zero-order valence-corrected chi connectivity index (χ0v) is 19.7. The van der Waals surface area contributed by atoms with Gasteiger partial charge in [-0.05, 0) is 63.1 Å². The van der Waals surface area contributed by atoms with Crippen molar-refractivity contribution in [3.8, 4) is 5.75 Å². The molecule has 1 aliphatic rings. The molecule has 3 aromatic rings. The van der Waals surface area contributed by atoms with E-state index in [0.717, 1.165) is 23.2 Å². The van der Waals surface area contributed by atoms with Gasteiger partial charge in [0, 0.05) is 25.3 Å². The first-order chi connectivity index (χ1) is 15.5. The molecule has 0 radical (unpaired) electrons. The van der Waals surface area contributed by atoms with Crippen molar-refractivity contribution < 1.29 is 17.9 Å². The van der Waals surface area contributed by atoms with Crippen molar-refractivity contribution in [2.75, 3.05) is 31.1 Å². The Morgan fingerprint density at radius 1 is 1.19 bits per heavy atom. The summed E-state index contributed by atoms with van der Waals surface area (Å²) in [6.45, 7) is 5.45. The van der Waals surface area contributed by atoms with Crippen molar-refractivity contribution in [3.63, 3.8) is 0 Å². The summed E-state index contributed by atoms with van der Waals surface area (Å²) in [6, 6.07) is 12.4. The Labute approximate surface area is 192 Å². The Balaban J connectivity index is 1.55. The van der Waals surface area contributed by atoms with Gasteiger partial charge in [0.2, 0.25) is 15.9 Å². The number of carbonyl (C=O) groups is 1. The van der Waals surface area contributed by atoms with E-state index in [0.29, 0.717) is 43.6 Å². The second kappa shape index (κ2) is 9.51. The van der Waals surface area contributed by atoms with E-state index in [-0.39, 0.29) is 17.3 Å². The lowest BCUT2D eigenvalue weighted by Gasteiger charge is -2.34. The summed E-state index contributed by atoms with van der Waals surface area (Å²) in [5, 5.41) is 0. The summed E-state index contributed by atoms with van der Waals surface area (Å²) in [7, 11) is -3.78. The molecule has 1 unspecified atom stereocenters. The summed E-state index contributed by atoms with van der Waals surface area (Å²) in [6.07, 6.45) is 1.28. The number of nitrogens with zero attached hydrogens (tertiary/aromatic N) is 4. The Morgan fingerprint density at radius 3 is 2.69 bits per heavy atom. The lowest BCUT2D eigenvalue weighted by atomic mass is 9.97. The van der Waals surface area contributed by atoms with Crippen LogP contribution in [0.2, 0.25) is 0 Å². The average molecular weight is 475 g/mol. The molecule has 32 heavy (non-hydrogen) atoms. The van der Waals surface area contributed by atoms with Gasteiger partial charge in [0.25, 0.3) is 0 Å². The maximum atomic E-state index is 13.4. The van der Waals surface area contributed by atoms with E-state index in [1.54, 1.807) is 23.1 Å². The quantitative estimate of drug-likeness (QED) is 0.520. The van der Waals surface area contributed by atoms with Crippen molar-refractivity contribution in [1.29, 1.82) is 0 Å². The average Bonchev–Trinajstić information content (AvgIpc) is 3.30. The van der Waals surface area contributed by atoms with Gasteiger partial charge in [-0.2, -0.15) is 13.1 Å². The van der Waals surface area contributed by atoms with Gasteiger partial charge < -0.3 is 9.64 Å². The van der Waals surface area contributed by atoms with Crippen molar-refractivity contribution in [3.05, 3.63) is 42.5 Å². The van der Waals surface area contributed by atoms with Crippen LogP contribution in [0.3, 0.4) is 0 Å². The normalized spacial score (nSPS) is 17.4. The fourth-order valence-electron chi connectivity index (χ4n) is 4.07. The van der Waals surface area contributed by atoms with E-state index in [9.17, 15) is 13.2 Å². The summed E-state index contributed by atoms with van der Waals surface area (Å²) in [4.78, 5) is 15.2. The minimum absolute atomic E-state index is 0.0647. The molecule has 1 saturated heterocycles. The number of ether oxygens (including phenoxy) is 1. The molecule has 8 nitrogen and oxygen atoms in total. The smallest absolute Gasteiger partial charge is 0.245 e. The van der Waals surface area contributed by atoms with E-state index < -0.39 is 15.9 Å². The Hall–Kier alpha value is -2.56. The molecule has 4 rings (SSSR count). The second-order valence-corrected chi connectivity index (χ2v) is 10.0. The van der Waals surface area contributed by atoms with Gasteiger partial charge in [-0.3, -0.25) is 4.79 Å². The minimum Gasteiger partial charge on any atom is -0.494 e. The fraction of sp³-hybridized carbons (Fsp3) is 0.409. The molecule has 2 aromatic carbocycles. The number of aromatic nitrogens is 2. The van der Waals surface area contributed by atoms with Crippen molar-refractivity contribution >= 4 is 44.4 Å². The molecule has 170 valence electrons. The first-order valence-corrected chi connectivity index (χ1v) is 12.9. The third-order valence-electron chi connectivity index (χ3n) is 5.64. The molecule has 0 spiro atoms. The Morgan fingerprint density at radius 2 is 1.97 bits per heavy atom. The molecule has 0 N–H and O–H groups in total. The van der Waals surface area contributed by atoms with Crippen LogP contribution >= 0.6 is 11.7 Å². The molecular formula is C22H26N4O4S2. The highest BCUT2D eigenvalue weighted by atomic mass is 32.2. The number of sulfonamides is 1.